The Kier molecular flexibility index (Phi) is 6.16. The number of rotatable bonds is 8. The molecule has 1 aromatic carbocycles. The number of benzene rings is 1. The van der Waals surface area contributed by atoms with Gasteiger partial charge in [0, 0.05) is 0 Å². The van der Waals surface area contributed by atoms with Crippen LogP contribution in [0.15, 0.2) is 37.1 Å². The van der Waals surface area contributed by atoms with E-state index in [1.54, 1.807) is 0 Å². The standard InChI is InChI=1S/C14H20O2/c1-3-5-6-13-7-9-14(10-8-13)16-12-11-15-4-2/h4,7-10H,2-3,5-6,11-12H2,1H3. The molecule has 2 nitrogen and oxygen atoms in total. The highest BCUT2D eigenvalue weighted by Crippen LogP contribution is 2.13. The first-order valence-electron chi connectivity index (χ1n) is 5.81. The molecule has 0 saturated carbocycles. The molecule has 0 saturated heterocycles. The third kappa shape index (κ3) is 4.87. The van der Waals surface area contributed by atoms with Gasteiger partial charge in [-0.1, -0.05) is 32.1 Å². The summed E-state index contributed by atoms with van der Waals surface area (Å²) >= 11 is 0. The fraction of sp³-hybridized carbons (Fsp3) is 0.429. The quantitative estimate of drug-likeness (QED) is 0.492. The molecule has 0 radical (unpaired) electrons. The fourth-order valence-corrected chi connectivity index (χ4v) is 1.42. The molecule has 0 N–H and O–H groups in total. The number of hydrogen-bond acceptors (Lipinski definition) is 2. The van der Waals surface area contributed by atoms with Gasteiger partial charge in [0.2, 0.25) is 0 Å². The number of unbranched alkanes of at least 4 members (excludes halogenated alkanes) is 1. The lowest BCUT2D eigenvalue weighted by atomic mass is 10.1. The second-order valence-electron chi connectivity index (χ2n) is 3.63. The highest BCUT2D eigenvalue weighted by molar-refractivity contribution is 5.27. The lowest BCUT2D eigenvalue weighted by Crippen LogP contribution is -2.03. The maximum Gasteiger partial charge on any atom is 0.122 e. The molecule has 2 heteroatoms. The van der Waals surface area contributed by atoms with Gasteiger partial charge in [0.15, 0.2) is 0 Å². The summed E-state index contributed by atoms with van der Waals surface area (Å²) in [4.78, 5) is 0. The van der Waals surface area contributed by atoms with Gasteiger partial charge in [-0.05, 0) is 30.5 Å². The first-order chi connectivity index (χ1) is 7.86. The molecule has 0 atom stereocenters. The van der Waals surface area contributed by atoms with Gasteiger partial charge in [0.05, 0.1) is 6.26 Å². The Labute approximate surface area is 97.9 Å². The Hall–Kier alpha value is -1.44. The van der Waals surface area contributed by atoms with Crippen molar-refractivity contribution >= 4 is 0 Å². The predicted octanol–water partition coefficient (Wildman–Crippen LogP) is 3.57. The SMILES string of the molecule is C=COCCOc1ccc(CCCC)cc1. The minimum Gasteiger partial charge on any atom is -0.498 e. The molecule has 0 heterocycles. The summed E-state index contributed by atoms with van der Waals surface area (Å²) < 4.78 is 10.5. The number of aryl methyl sites for hydroxylation is 1. The molecule has 1 rings (SSSR count). The van der Waals surface area contributed by atoms with Gasteiger partial charge in [-0.2, -0.15) is 0 Å². The van der Waals surface area contributed by atoms with Crippen molar-refractivity contribution in [1.82, 2.24) is 0 Å². The molecule has 0 unspecified atom stereocenters. The van der Waals surface area contributed by atoms with Crippen LogP contribution in [0.1, 0.15) is 25.3 Å². The monoisotopic (exact) mass is 220 g/mol. The van der Waals surface area contributed by atoms with E-state index in [0.29, 0.717) is 13.2 Å². The summed E-state index contributed by atoms with van der Waals surface area (Å²) in [6.07, 6.45) is 5.05. The van der Waals surface area contributed by atoms with Gasteiger partial charge >= 0.3 is 0 Å². The first kappa shape index (κ1) is 12.6. The van der Waals surface area contributed by atoms with Crippen molar-refractivity contribution in [3.63, 3.8) is 0 Å². The maximum absolute atomic E-state index is 5.49. The molecular weight excluding hydrogens is 200 g/mol. The molecular formula is C14H20O2. The van der Waals surface area contributed by atoms with Crippen LogP contribution < -0.4 is 4.74 Å². The zero-order valence-corrected chi connectivity index (χ0v) is 9.95. The molecule has 0 aliphatic rings. The van der Waals surface area contributed by atoms with Crippen LogP contribution in [0.5, 0.6) is 5.75 Å². The smallest absolute Gasteiger partial charge is 0.122 e. The van der Waals surface area contributed by atoms with Crippen molar-refractivity contribution in [3.05, 3.63) is 42.7 Å². The van der Waals surface area contributed by atoms with E-state index >= 15 is 0 Å². The van der Waals surface area contributed by atoms with E-state index in [4.69, 9.17) is 9.47 Å². The predicted molar refractivity (Wildman–Crippen MR) is 66.7 cm³/mol. The van der Waals surface area contributed by atoms with Gasteiger partial charge in [-0.3, -0.25) is 0 Å². The normalized spacial score (nSPS) is 9.81. The average Bonchev–Trinajstić information content (AvgIpc) is 2.33. The van der Waals surface area contributed by atoms with Crippen molar-refractivity contribution in [2.75, 3.05) is 13.2 Å². The van der Waals surface area contributed by atoms with Crippen molar-refractivity contribution in [2.45, 2.75) is 26.2 Å². The number of ether oxygens (including phenoxy) is 2. The van der Waals surface area contributed by atoms with E-state index < -0.39 is 0 Å². The molecule has 1 aromatic rings. The molecule has 0 fully saturated rings. The zero-order valence-electron chi connectivity index (χ0n) is 9.95. The van der Waals surface area contributed by atoms with E-state index in [9.17, 15) is 0 Å². The summed E-state index contributed by atoms with van der Waals surface area (Å²) in [6, 6.07) is 8.27. The van der Waals surface area contributed by atoms with Crippen LogP contribution in [-0.4, -0.2) is 13.2 Å². The number of hydrogen-bond donors (Lipinski definition) is 0. The van der Waals surface area contributed by atoms with Crippen LogP contribution in [-0.2, 0) is 11.2 Å². The van der Waals surface area contributed by atoms with Gasteiger partial charge in [0.1, 0.15) is 19.0 Å². The van der Waals surface area contributed by atoms with Crippen LogP contribution >= 0.6 is 0 Å². The molecule has 0 bridgehead atoms. The van der Waals surface area contributed by atoms with Crippen LogP contribution in [0, 0.1) is 0 Å². The Bertz CT molecular complexity index is 290. The van der Waals surface area contributed by atoms with Crippen LogP contribution in [0.2, 0.25) is 0 Å². The highest BCUT2D eigenvalue weighted by Gasteiger charge is 1.95. The minimum atomic E-state index is 0.543. The van der Waals surface area contributed by atoms with E-state index in [1.165, 1.54) is 24.7 Å². The lowest BCUT2D eigenvalue weighted by molar-refractivity contribution is 0.179. The van der Waals surface area contributed by atoms with Crippen molar-refractivity contribution in [2.24, 2.45) is 0 Å². The molecule has 88 valence electrons. The summed E-state index contributed by atoms with van der Waals surface area (Å²) in [5.74, 6) is 0.896. The second kappa shape index (κ2) is 7.80. The van der Waals surface area contributed by atoms with Crippen LogP contribution in [0.4, 0.5) is 0 Å². The topological polar surface area (TPSA) is 18.5 Å². The Balaban J connectivity index is 2.30. The highest BCUT2D eigenvalue weighted by atomic mass is 16.5. The molecule has 16 heavy (non-hydrogen) atoms. The Morgan fingerprint density at radius 3 is 2.56 bits per heavy atom. The molecule has 0 aliphatic heterocycles. The summed E-state index contributed by atoms with van der Waals surface area (Å²) in [7, 11) is 0. The minimum absolute atomic E-state index is 0.543. The summed E-state index contributed by atoms with van der Waals surface area (Å²) in [6.45, 7) is 6.77. The third-order valence-corrected chi connectivity index (χ3v) is 2.33. The van der Waals surface area contributed by atoms with Gasteiger partial charge in [0.25, 0.3) is 0 Å². The molecule has 0 spiro atoms. The Morgan fingerprint density at radius 2 is 1.94 bits per heavy atom. The van der Waals surface area contributed by atoms with Gasteiger partial charge < -0.3 is 9.47 Å². The summed E-state index contributed by atoms with van der Waals surface area (Å²) in [5.41, 5.74) is 1.37. The van der Waals surface area contributed by atoms with E-state index in [-0.39, 0.29) is 0 Å². The fourth-order valence-electron chi connectivity index (χ4n) is 1.42. The average molecular weight is 220 g/mol. The molecule has 0 aromatic heterocycles. The van der Waals surface area contributed by atoms with Crippen LogP contribution in [0.25, 0.3) is 0 Å². The molecule has 0 aliphatic carbocycles. The molecule has 0 amide bonds. The largest absolute Gasteiger partial charge is 0.498 e. The van der Waals surface area contributed by atoms with Crippen molar-refractivity contribution in [3.8, 4) is 5.75 Å². The lowest BCUT2D eigenvalue weighted by Gasteiger charge is -2.06. The van der Waals surface area contributed by atoms with E-state index in [2.05, 4.69) is 25.6 Å². The maximum atomic E-state index is 5.49. The van der Waals surface area contributed by atoms with Crippen molar-refractivity contribution < 1.29 is 9.47 Å². The summed E-state index contributed by atoms with van der Waals surface area (Å²) in [5, 5.41) is 0. The Morgan fingerprint density at radius 1 is 1.19 bits per heavy atom. The van der Waals surface area contributed by atoms with Crippen LogP contribution in [0.3, 0.4) is 0 Å². The first-order valence-corrected chi connectivity index (χ1v) is 5.81. The third-order valence-electron chi connectivity index (χ3n) is 2.33. The van der Waals surface area contributed by atoms with Crippen molar-refractivity contribution in [1.29, 1.82) is 0 Å². The van der Waals surface area contributed by atoms with Gasteiger partial charge in [-0.25, -0.2) is 0 Å². The van der Waals surface area contributed by atoms with Gasteiger partial charge in [-0.15, -0.1) is 0 Å². The van der Waals surface area contributed by atoms with E-state index in [0.717, 1.165) is 12.2 Å². The van der Waals surface area contributed by atoms with E-state index in [1.807, 2.05) is 12.1 Å². The second-order valence-corrected chi connectivity index (χ2v) is 3.63. The zero-order chi connectivity index (χ0) is 11.6.